The summed E-state index contributed by atoms with van der Waals surface area (Å²) in [5.41, 5.74) is 6.83. The van der Waals surface area contributed by atoms with Gasteiger partial charge in [-0.2, -0.15) is 0 Å². The van der Waals surface area contributed by atoms with Crippen molar-refractivity contribution in [1.82, 2.24) is 5.16 Å². The third-order valence-electron chi connectivity index (χ3n) is 6.41. The zero-order valence-corrected chi connectivity index (χ0v) is 20.5. The summed E-state index contributed by atoms with van der Waals surface area (Å²) >= 11 is 0. The van der Waals surface area contributed by atoms with E-state index in [2.05, 4.69) is 5.16 Å². The largest absolute Gasteiger partial charge is 0.508 e. The van der Waals surface area contributed by atoms with Crippen molar-refractivity contribution in [2.24, 2.45) is 5.73 Å². The predicted octanol–water partition coefficient (Wildman–Crippen LogP) is 4.29. The van der Waals surface area contributed by atoms with E-state index in [9.17, 15) is 20.1 Å². The molecule has 0 saturated heterocycles. The van der Waals surface area contributed by atoms with Crippen LogP contribution in [0.5, 0.6) is 34.5 Å². The average Bonchev–Trinajstić information content (AvgIpc) is 3.41. The van der Waals surface area contributed by atoms with Gasteiger partial charge >= 0.3 is 0 Å². The standard InChI is InChI=1S/C28H22N2O9/c1-35-23-7-14(2-4-18(23)32)27-28(17-10-16(12-29)39-30-17)37-21-5-3-13(6-24(21)38-27)22-11-20(34)26-19(33)8-15(31)9-25(26)36-22/h2-11,27-28,31-33H,12,29H2,1H3. The molecule has 3 aromatic carbocycles. The van der Waals surface area contributed by atoms with Crippen LogP contribution in [0.2, 0.25) is 0 Å². The van der Waals surface area contributed by atoms with Crippen LogP contribution in [0.15, 0.2) is 74.4 Å². The molecule has 1 aliphatic rings. The Balaban J connectivity index is 1.44. The highest BCUT2D eigenvalue weighted by Gasteiger charge is 2.37. The van der Waals surface area contributed by atoms with Gasteiger partial charge in [0.15, 0.2) is 46.4 Å². The molecule has 11 heteroatoms. The number of fused-ring (bicyclic) bond motifs is 2. The fourth-order valence-corrected chi connectivity index (χ4v) is 4.53. The Labute approximate surface area is 220 Å². The van der Waals surface area contributed by atoms with Crippen molar-refractivity contribution >= 4 is 11.0 Å². The number of ether oxygens (including phenoxy) is 3. The number of methoxy groups -OCH3 is 1. The van der Waals surface area contributed by atoms with E-state index in [1.807, 2.05) is 0 Å². The molecule has 0 bridgehead atoms. The summed E-state index contributed by atoms with van der Waals surface area (Å²) in [6, 6.07) is 15.1. The molecule has 0 aliphatic carbocycles. The third-order valence-corrected chi connectivity index (χ3v) is 6.41. The second-order valence-corrected chi connectivity index (χ2v) is 8.90. The number of rotatable bonds is 5. The molecular formula is C28H22N2O9. The minimum atomic E-state index is -0.740. The van der Waals surface area contributed by atoms with Gasteiger partial charge in [-0.25, -0.2) is 0 Å². The lowest BCUT2D eigenvalue weighted by Crippen LogP contribution is -2.26. The fraction of sp³-hybridized carbons (Fsp3) is 0.143. The van der Waals surface area contributed by atoms with Crippen LogP contribution < -0.4 is 25.4 Å². The van der Waals surface area contributed by atoms with E-state index in [1.165, 1.54) is 25.3 Å². The molecule has 6 rings (SSSR count). The minimum absolute atomic E-state index is 0.0285. The Morgan fingerprint density at radius 3 is 2.51 bits per heavy atom. The summed E-state index contributed by atoms with van der Waals surface area (Å²) in [5.74, 6) is 1.02. The number of hydrogen-bond donors (Lipinski definition) is 4. The van der Waals surface area contributed by atoms with Crippen LogP contribution in [0.4, 0.5) is 0 Å². The van der Waals surface area contributed by atoms with Crippen molar-refractivity contribution in [3.05, 3.63) is 87.9 Å². The predicted molar refractivity (Wildman–Crippen MR) is 137 cm³/mol. The van der Waals surface area contributed by atoms with Gasteiger partial charge < -0.3 is 44.2 Å². The van der Waals surface area contributed by atoms with Gasteiger partial charge in [-0.1, -0.05) is 11.2 Å². The van der Waals surface area contributed by atoms with Crippen LogP contribution in [0.3, 0.4) is 0 Å². The molecule has 5 aromatic rings. The van der Waals surface area contributed by atoms with Crippen LogP contribution in [-0.4, -0.2) is 27.6 Å². The van der Waals surface area contributed by atoms with Gasteiger partial charge in [0.2, 0.25) is 0 Å². The lowest BCUT2D eigenvalue weighted by atomic mass is 9.99. The molecule has 0 amide bonds. The van der Waals surface area contributed by atoms with E-state index in [4.69, 9.17) is 28.9 Å². The smallest absolute Gasteiger partial charge is 0.197 e. The highest BCUT2D eigenvalue weighted by molar-refractivity contribution is 5.86. The SMILES string of the molecule is COc1cc(C2Oc3cc(-c4cc(=O)c5c(O)cc(O)cc5o4)ccc3OC2c2cc(CN)on2)ccc1O. The van der Waals surface area contributed by atoms with Gasteiger partial charge in [-0.05, 0) is 30.3 Å². The van der Waals surface area contributed by atoms with E-state index in [0.717, 1.165) is 6.07 Å². The first-order valence-corrected chi connectivity index (χ1v) is 11.8. The molecule has 3 heterocycles. The van der Waals surface area contributed by atoms with E-state index in [1.54, 1.807) is 36.4 Å². The van der Waals surface area contributed by atoms with Crippen molar-refractivity contribution in [3.8, 4) is 45.8 Å². The highest BCUT2D eigenvalue weighted by Crippen LogP contribution is 2.48. The molecule has 198 valence electrons. The van der Waals surface area contributed by atoms with Crippen LogP contribution in [0.25, 0.3) is 22.3 Å². The van der Waals surface area contributed by atoms with Gasteiger partial charge in [0.05, 0.1) is 13.7 Å². The van der Waals surface area contributed by atoms with Crippen LogP contribution in [0, 0.1) is 0 Å². The molecule has 2 unspecified atom stereocenters. The maximum absolute atomic E-state index is 12.7. The molecule has 0 spiro atoms. The summed E-state index contributed by atoms with van der Waals surface area (Å²) in [6.45, 7) is 0.157. The summed E-state index contributed by atoms with van der Waals surface area (Å²) in [5, 5.41) is 34.1. The van der Waals surface area contributed by atoms with Crippen molar-refractivity contribution in [3.63, 3.8) is 0 Å². The summed E-state index contributed by atoms with van der Waals surface area (Å²) in [6.07, 6.45) is -1.47. The Morgan fingerprint density at radius 2 is 1.74 bits per heavy atom. The second kappa shape index (κ2) is 9.30. The number of phenols is 3. The maximum Gasteiger partial charge on any atom is 0.197 e. The van der Waals surface area contributed by atoms with Crippen molar-refractivity contribution < 1.29 is 38.5 Å². The molecule has 0 saturated carbocycles. The van der Waals surface area contributed by atoms with Gasteiger partial charge in [0.25, 0.3) is 0 Å². The lowest BCUT2D eigenvalue weighted by Gasteiger charge is -2.33. The van der Waals surface area contributed by atoms with E-state index >= 15 is 0 Å². The van der Waals surface area contributed by atoms with Gasteiger partial charge in [0.1, 0.15) is 33.9 Å². The number of hydrogen-bond acceptors (Lipinski definition) is 11. The molecule has 11 nitrogen and oxygen atoms in total. The van der Waals surface area contributed by atoms with Crippen LogP contribution >= 0.6 is 0 Å². The highest BCUT2D eigenvalue weighted by atomic mass is 16.6. The normalized spacial score (nSPS) is 16.4. The number of nitrogens with two attached hydrogens (primary N) is 1. The number of aromatic hydroxyl groups is 3. The molecule has 2 atom stereocenters. The van der Waals surface area contributed by atoms with Gasteiger partial charge in [-0.3, -0.25) is 4.79 Å². The minimum Gasteiger partial charge on any atom is -0.508 e. The van der Waals surface area contributed by atoms with Crippen LogP contribution in [-0.2, 0) is 6.54 Å². The maximum atomic E-state index is 12.7. The molecule has 5 N–H and O–H groups in total. The first-order valence-electron chi connectivity index (χ1n) is 11.8. The Bertz CT molecular complexity index is 1780. The topological polar surface area (TPSA) is 171 Å². The second-order valence-electron chi connectivity index (χ2n) is 8.90. The monoisotopic (exact) mass is 530 g/mol. The summed E-state index contributed by atoms with van der Waals surface area (Å²) < 4.78 is 29.1. The van der Waals surface area contributed by atoms with Gasteiger partial charge in [0, 0.05) is 35.4 Å². The Kier molecular flexibility index (Phi) is 5.77. The third kappa shape index (κ3) is 4.24. The molecular weight excluding hydrogens is 508 g/mol. The number of aromatic nitrogens is 1. The molecule has 1 aliphatic heterocycles. The Morgan fingerprint density at radius 1 is 0.923 bits per heavy atom. The first kappa shape index (κ1) is 24.2. The van der Waals surface area contributed by atoms with E-state index < -0.39 is 17.6 Å². The number of phenolic OH excluding ortho intramolecular Hbond substituents is 3. The zero-order chi connectivity index (χ0) is 27.3. The fourth-order valence-electron chi connectivity index (χ4n) is 4.53. The number of nitrogens with zero attached hydrogens (tertiary/aromatic N) is 1. The Hall–Kier alpha value is -5.16. The van der Waals surface area contributed by atoms with Crippen molar-refractivity contribution in [2.45, 2.75) is 18.8 Å². The van der Waals surface area contributed by atoms with Crippen molar-refractivity contribution in [1.29, 1.82) is 0 Å². The van der Waals surface area contributed by atoms with Crippen LogP contribution in [0.1, 0.15) is 29.2 Å². The zero-order valence-electron chi connectivity index (χ0n) is 20.5. The molecule has 39 heavy (non-hydrogen) atoms. The number of benzene rings is 3. The van der Waals surface area contributed by atoms with Gasteiger partial charge in [-0.15, -0.1) is 0 Å². The van der Waals surface area contributed by atoms with E-state index in [0.29, 0.717) is 34.1 Å². The first-order chi connectivity index (χ1) is 18.8. The quantitative estimate of drug-likeness (QED) is 0.256. The molecule has 0 radical (unpaired) electrons. The van der Waals surface area contributed by atoms with Crippen molar-refractivity contribution in [2.75, 3.05) is 7.11 Å². The summed E-state index contributed by atoms with van der Waals surface area (Å²) in [4.78, 5) is 12.7. The summed E-state index contributed by atoms with van der Waals surface area (Å²) in [7, 11) is 1.44. The van der Waals surface area contributed by atoms with E-state index in [-0.39, 0.29) is 46.3 Å². The lowest BCUT2D eigenvalue weighted by molar-refractivity contribution is 0.0142. The molecule has 2 aromatic heterocycles. The average molecular weight is 530 g/mol. The molecule has 0 fully saturated rings.